The van der Waals surface area contributed by atoms with Gasteiger partial charge in [-0.2, -0.15) is 0 Å². The van der Waals surface area contributed by atoms with Gasteiger partial charge in [-0.05, 0) is 12.8 Å². The van der Waals surface area contributed by atoms with E-state index in [2.05, 4.69) is 0 Å². The molecule has 0 heterocycles. The standard InChI is InChI=1S/C9H17NO2/c1-7(2)8(11)5-3-4-6-9(10)12/h7H,3-6H2,1-2H3,(H2,10,12). The van der Waals surface area contributed by atoms with Crippen molar-refractivity contribution in [2.45, 2.75) is 39.5 Å². The summed E-state index contributed by atoms with van der Waals surface area (Å²) in [6.07, 6.45) is 2.48. The van der Waals surface area contributed by atoms with Crippen molar-refractivity contribution in [1.82, 2.24) is 0 Å². The van der Waals surface area contributed by atoms with Gasteiger partial charge in [-0.1, -0.05) is 13.8 Å². The number of rotatable bonds is 6. The van der Waals surface area contributed by atoms with Gasteiger partial charge in [0, 0.05) is 18.8 Å². The number of amides is 1. The first kappa shape index (κ1) is 11.1. The van der Waals surface area contributed by atoms with Crippen molar-refractivity contribution < 1.29 is 9.59 Å². The zero-order valence-electron chi connectivity index (χ0n) is 7.80. The van der Waals surface area contributed by atoms with Crippen molar-refractivity contribution in [2.24, 2.45) is 11.7 Å². The van der Waals surface area contributed by atoms with Crippen LogP contribution in [0.4, 0.5) is 0 Å². The zero-order chi connectivity index (χ0) is 9.56. The SMILES string of the molecule is CC(C)C(=O)CCCCC(N)=O. The van der Waals surface area contributed by atoms with Crippen LogP contribution in [0.25, 0.3) is 0 Å². The molecule has 0 unspecified atom stereocenters. The first-order valence-corrected chi connectivity index (χ1v) is 4.35. The summed E-state index contributed by atoms with van der Waals surface area (Å²) in [4.78, 5) is 21.4. The average molecular weight is 171 g/mol. The lowest BCUT2D eigenvalue weighted by molar-refractivity contribution is -0.122. The van der Waals surface area contributed by atoms with Gasteiger partial charge in [0.15, 0.2) is 0 Å². The molecule has 12 heavy (non-hydrogen) atoms. The van der Waals surface area contributed by atoms with Gasteiger partial charge in [0.1, 0.15) is 5.78 Å². The molecule has 0 radical (unpaired) electrons. The predicted molar refractivity (Wildman–Crippen MR) is 47.5 cm³/mol. The highest BCUT2D eigenvalue weighted by atomic mass is 16.1. The van der Waals surface area contributed by atoms with Gasteiger partial charge in [0.25, 0.3) is 0 Å². The molecular formula is C9H17NO2. The van der Waals surface area contributed by atoms with Crippen LogP contribution in [0.2, 0.25) is 0 Å². The Morgan fingerprint density at radius 2 is 1.67 bits per heavy atom. The Labute approximate surface area is 73.3 Å². The molecule has 0 rings (SSSR count). The maximum atomic E-state index is 11.1. The van der Waals surface area contributed by atoms with E-state index in [0.717, 1.165) is 12.8 Å². The van der Waals surface area contributed by atoms with Crippen LogP contribution in [0, 0.1) is 5.92 Å². The molecule has 0 aromatic heterocycles. The van der Waals surface area contributed by atoms with Gasteiger partial charge in [0.05, 0.1) is 0 Å². The van der Waals surface area contributed by atoms with Crippen LogP contribution in [0.3, 0.4) is 0 Å². The average Bonchev–Trinajstić information content (AvgIpc) is 1.97. The molecule has 0 bridgehead atoms. The summed E-state index contributed by atoms with van der Waals surface area (Å²) in [7, 11) is 0. The van der Waals surface area contributed by atoms with E-state index >= 15 is 0 Å². The van der Waals surface area contributed by atoms with Gasteiger partial charge in [-0.25, -0.2) is 0 Å². The highest BCUT2D eigenvalue weighted by molar-refractivity contribution is 5.80. The maximum absolute atomic E-state index is 11.1. The Morgan fingerprint density at radius 1 is 1.17 bits per heavy atom. The molecule has 0 aromatic carbocycles. The summed E-state index contributed by atoms with van der Waals surface area (Å²) in [5.74, 6) is 0.0880. The fraction of sp³-hybridized carbons (Fsp3) is 0.778. The molecule has 0 aromatic rings. The molecule has 0 spiro atoms. The number of primary amides is 1. The van der Waals surface area contributed by atoms with Crippen LogP contribution in [0.5, 0.6) is 0 Å². The molecule has 1 amide bonds. The number of ketones is 1. The Morgan fingerprint density at radius 3 is 2.08 bits per heavy atom. The minimum atomic E-state index is -0.285. The molecule has 0 saturated heterocycles. The van der Waals surface area contributed by atoms with Crippen LogP contribution < -0.4 is 5.73 Å². The third kappa shape index (κ3) is 5.89. The number of carbonyl (C=O) groups is 2. The topological polar surface area (TPSA) is 60.2 Å². The van der Waals surface area contributed by atoms with E-state index in [1.54, 1.807) is 0 Å². The number of hydrogen-bond donors (Lipinski definition) is 1. The van der Waals surface area contributed by atoms with Gasteiger partial charge in [0.2, 0.25) is 5.91 Å². The summed E-state index contributed by atoms with van der Waals surface area (Å²) in [6.45, 7) is 3.77. The van der Waals surface area contributed by atoms with Crippen molar-refractivity contribution in [3.8, 4) is 0 Å². The number of Topliss-reactive ketones (excluding diaryl/α,β-unsaturated/α-hetero) is 1. The Balaban J connectivity index is 3.32. The maximum Gasteiger partial charge on any atom is 0.217 e. The summed E-state index contributed by atoms with van der Waals surface area (Å²) in [5, 5.41) is 0. The lowest BCUT2D eigenvalue weighted by atomic mass is 10.0. The Kier molecular flexibility index (Phi) is 5.34. The Bertz CT molecular complexity index is 164. The van der Waals surface area contributed by atoms with Crippen LogP contribution >= 0.6 is 0 Å². The van der Waals surface area contributed by atoms with E-state index in [4.69, 9.17) is 5.73 Å². The molecular weight excluding hydrogens is 154 g/mol. The van der Waals surface area contributed by atoms with Crippen LogP contribution in [-0.2, 0) is 9.59 Å². The summed E-state index contributed by atoms with van der Waals surface area (Å²) in [5.41, 5.74) is 4.95. The van der Waals surface area contributed by atoms with Crippen LogP contribution in [0.15, 0.2) is 0 Å². The molecule has 3 heteroatoms. The van der Waals surface area contributed by atoms with Gasteiger partial charge in [-0.15, -0.1) is 0 Å². The second-order valence-electron chi connectivity index (χ2n) is 3.29. The normalized spacial score (nSPS) is 10.2. The minimum absolute atomic E-state index is 0.110. The fourth-order valence-electron chi connectivity index (χ4n) is 0.887. The number of carbonyl (C=O) groups excluding carboxylic acids is 2. The molecule has 0 aliphatic heterocycles. The lowest BCUT2D eigenvalue weighted by Gasteiger charge is -2.02. The van der Waals surface area contributed by atoms with E-state index in [1.807, 2.05) is 13.8 Å². The number of nitrogens with two attached hydrogens (primary N) is 1. The predicted octanol–water partition coefficient (Wildman–Crippen LogP) is 1.26. The van der Waals surface area contributed by atoms with Crippen molar-refractivity contribution in [3.63, 3.8) is 0 Å². The fourth-order valence-corrected chi connectivity index (χ4v) is 0.887. The van der Waals surface area contributed by atoms with Gasteiger partial charge >= 0.3 is 0 Å². The molecule has 3 nitrogen and oxygen atoms in total. The van der Waals surface area contributed by atoms with Crippen molar-refractivity contribution >= 4 is 11.7 Å². The van der Waals surface area contributed by atoms with Crippen molar-refractivity contribution in [2.75, 3.05) is 0 Å². The van der Waals surface area contributed by atoms with Gasteiger partial charge < -0.3 is 5.73 Å². The first-order chi connectivity index (χ1) is 5.54. The van der Waals surface area contributed by atoms with E-state index in [1.165, 1.54) is 0 Å². The number of unbranched alkanes of at least 4 members (excludes halogenated alkanes) is 1. The molecule has 0 aliphatic carbocycles. The summed E-state index contributed by atoms with van der Waals surface area (Å²) < 4.78 is 0. The minimum Gasteiger partial charge on any atom is -0.370 e. The van der Waals surface area contributed by atoms with E-state index in [-0.39, 0.29) is 17.6 Å². The molecule has 0 atom stereocenters. The highest BCUT2D eigenvalue weighted by Crippen LogP contribution is 2.05. The van der Waals surface area contributed by atoms with Crippen molar-refractivity contribution in [1.29, 1.82) is 0 Å². The van der Waals surface area contributed by atoms with E-state index in [0.29, 0.717) is 12.8 Å². The largest absolute Gasteiger partial charge is 0.370 e. The second kappa shape index (κ2) is 5.75. The smallest absolute Gasteiger partial charge is 0.217 e. The monoisotopic (exact) mass is 171 g/mol. The molecule has 70 valence electrons. The van der Waals surface area contributed by atoms with Crippen LogP contribution in [0.1, 0.15) is 39.5 Å². The third-order valence-electron chi connectivity index (χ3n) is 1.74. The highest BCUT2D eigenvalue weighted by Gasteiger charge is 2.06. The van der Waals surface area contributed by atoms with Crippen molar-refractivity contribution in [3.05, 3.63) is 0 Å². The Hall–Kier alpha value is -0.860. The molecule has 0 fully saturated rings. The first-order valence-electron chi connectivity index (χ1n) is 4.35. The lowest BCUT2D eigenvalue weighted by Crippen LogP contribution is -2.11. The zero-order valence-corrected chi connectivity index (χ0v) is 7.80. The molecule has 2 N–H and O–H groups in total. The van der Waals surface area contributed by atoms with Crippen LogP contribution in [-0.4, -0.2) is 11.7 Å². The number of hydrogen-bond acceptors (Lipinski definition) is 2. The molecule has 0 saturated carbocycles. The van der Waals surface area contributed by atoms with E-state index < -0.39 is 0 Å². The quantitative estimate of drug-likeness (QED) is 0.611. The molecule has 0 aliphatic rings. The third-order valence-corrected chi connectivity index (χ3v) is 1.74. The van der Waals surface area contributed by atoms with Gasteiger partial charge in [-0.3, -0.25) is 9.59 Å². The summed E-state index contributed by atoms with van der Waals surface area (Å²) in [6, 6.07) is 0. The van der Waals surface area contributed by atoms with E-state index in [9.17, 15) is 9.59 Å². The second-order valence-corrected chi connectivity index (χ2v) is 3.29. The summed E-state index contributed by atoms with van der Waals surface area (Å²) >= 11 is 0.